The van der Waals surface area contributed by atoms with Gasteiger partial charge in [-0.15, -0.1) is 0 Å². The average Bonchev–Trinajstić information content (AvgIpc) is 2.44. The number of aliphatic hydroxyl groups excluding tert-OH is 1. The molecule has 0 aromatic rings. The number of nitrogens with zero attached hydrogens (tertiary/aromatic N) is 1. The van der Waals surface area contributed by atoms with E-state index in [2.05, 4.69) is 9.73 Å². The normalized spacial score (nSPS) is 37.2. The number of hydrogen-bond donors (Lipinski definition) is 1. The van der Waals surface area contributed by atoms with Crippen molar-refractivity contribution in [2.24, 2.45) is 10.9 Å². The number of hydrogen-bond acceptors (Lipinski definition) is 3. The first-order chi connectivity index (χ1) is 5.65. The number of esters is 1. The molecule has 2 atom stereocenters. The summed E-state index contributed by atoms with van der Waals surface area (Å²) in [7, 11) is 0. The monoisotopic (exact) mass is 426 g/mol. The molecule has 1 aliphatic carbocycles. The minimum Gasteiger partial charge on any atom is -0.466 e. The molecule has 4 nitrogen and oxygen atoms in total. The number of carbonyl (C=O) groups is 1. The molecule has 5 heteroatoms. The van der Waals surface area contributed by atoms with Crippen molar-refractivity contribution in [3.63, 3.8) is 0 Å². The molecule has 1 aliphatic heterocycles. The zero-order valence-electron chi connectivity index (χ0n) is 7.20. The zero-order valence-corrected chi connectivity index (χ0v) is 9.60. The van der Waals surface area contributed by atoms with E-state index < -0.39 is 11.6 Å². The molecule has 0 aromatic carbocycles. The summed E-state index contributed by atoms with van der Waals surface area (Å²) >= 11 is 0. The van der Waals surface area contributed by atoms with E-state index in [4.69, 9.17) is 5.11 Å². The van der Waals surface area contributed by atoms with Crippen LogP contribution in [0.25, 0.3) is 0 Å². The first-order valence-electron chi connectivity index (χ1n) is 4.16. The third-order valence-corrected chi connectivity index (χ3v) is 2.84. The quantitative estimate of drug-likeness (QED) is 0.589. The molecule has 78 valence electrons. The fourth-order valence-electron chi connectivity index (χ4n) is 2.04. The summed E-state index contributed by atoms with van der Waals surface area (Å²) in [5.74, 6) is -0.195. The third kappa shape index (κ3) is 0.931. The van der Waals surface area contributed by atoms with Crippen LogP contribution in [0.2, 0.25) is 0 Å². The van der Waals surface area contributed by atoms with Gasteiger partial charge in [0, 0.05) is 0 Å². The summed E-state index contributed by atoms with van der Waals surface area (Å²) < 4.78 is 4.54. The van der Waals surface area contributed by atoms with Gasteiger partial charge in [-0.2, -0.15) is 4.99 Å². The van der Waals surface area contributed by atoms with Gasteiger partial charge in [0.2, 0.25) is 0 Å². The molecular weight excluding hydrogens is 415 g/mol. The second kappa shape index (κ2) is 2.47. The van der Waals surface area contributed by atoms with Crippen LogP contribution in [-0.4, -0.2) is 22.7 Å². The van der Waals surface area contributed by atoms with Gasteiger partial charge in [-0.3, -0.25) is 0 Å². The average molecular weight is 426 g/mol. The summed E-state index contributed by atoms with van der Waals surface area (Å²) in [6, 6.07) is 0. The van der Waals surface area contributed by atoms with Crippen LogP contribution in [0.3, 0.4) is 0 Å². The van der Waals surface area contributed by atoms with Crippen LogP contribution in [-0.2, 0) is 9.53 Å². The van der Waals surface area contributed by atoms with Crippen molar-refractivity contribution >= 4 is 12.1 Å². The minimum absolute atomic E-state index is 0. The number of cyclic esters (lactones) is 1. The number of ether oxygens (including phenoxy) is 1. The Morgan fingerprint density at radius 3 is 2.77 bits per heavy atom. The van der Waals surface area contributed by atoms with Crippen molar-refractivity contribution in [1.29, 1.82) is 0 Å². The van der Waals surface area contributed by atoms with E-state index in [0.717, 1.165) is 12.8 Å². The Hall–Kier alpha value is -2.06. The maximum absolute atomic E-state index is 11.3. The topological polar surface area (TPSA) is 58.9 Å². The first-order valence-corrected chi connectivity index (χ1v) is 4.16. The largest absolute Gasteiger partial charge is 0.466 e. The Bertz CT molecular complexity index is 266. The van der Waals surface area contributed by atoms with E-state index in [1.807, 2.05) is 6.92 Å². The van der Waals surface area contributed by atoms with Gasteiger partial charge >= 0.3 is 12.1 Å². The fourth-order valence-corrected chi connectivity index (χ4v) is 2.04. The summed E-state index contributed by atoms with van der Waals surface area (Å²) in [6.45, 7) is 1.97. The first kappa shape index (κ1) is 9.03. The maximum Gasteiger partial charge on any atom is 0.390 e. The van der Waals surface area contributed by atoms with Gasteiger partial charge in [0.1, 0.15) is 0 Å². The van der Waals surface area contributed by atoms with Gasteiger partial charge in [-0.05, 0) is 18.8 Å². The molecule has 0 bridgehead atoms. The van der Waals surface area contributed by atoms with Gasteiger partial charge in [-0.1, -0.05) is 13.3 Å². The molecule has 1 heterocycles. The Kier molecular flexibility index (Phi) is 1.71. The molecule has 2 aliphatic rings. The second-order valence-electron chi connectivity index (χ2n) is 3.50. The predicted octanol–water partition coefficient (Wildman–Crippen LogP) is 1.02. The van der Waals surface area contributed by atoms with Crippen LogP contribution in [0.4, 0.5) is 0 Å². The molecule has 1 N–H and O–H groups in total. The van der Waals surface area contributed by atoms with Crippen molar-refractivity contribution < 1.29 is 14.6 Å². The molecule has 2 rings (SSSR count). The number of rotatable bonds is 0. The van der Waals surface area contributed by atoms with Crippen LogP contribution in [0.1, 0.15) is 26.2 Å². The molecule has 0 amide bonds. The molecule has 1 fully saturated rings. The van der Waals surface area contributed by atoms with Gasteiger partial charge in [0.05, 0.1) is 0 Å². The molecule has 1 spiro atoms. The van der Waals surface area contributed by atoms with Crippen molar-refractivity contribution in [1.82, 2.24) is 0 Å². The Morgan fingerprint density at radius 2 is 2.38 bits per heavy atom. The third-order valence-electron chi connectivity index (χ3n) is 2.84. The van der Waals surface area contributed by atoms with Crippen molar-refractivity contribution in [2.75, 3.05) is 0 Å². The minimum atomic E-state index is -0.746. The molecule has 0 aromatic heterocycles. The molecule has 2 unspecified atom stereocenters. The Labute approximate surface area is 70.2 Å². The molecule has 0 radical (unpaired) electrons. The Morgan fingerprint density at radius 1 is 1.69 bits per heavy atom. The van der Waals surface area contributed by atoms with Gasteiger partial charge in [-0.25, -0.2) is 4.79 Å². The van der Waals surface area contributed by atoms with Gasteiger partial charge in [0.25, 0.3) is 0 Å². The van der Waals surface area contributed by atoms with E-state index >= 15 is 0 Å². The van der Waals surface area contributed by atoms with Crippen LogP contribution in [0.15, 0.2) is 4.99 Å². The van der Waals surface area contributed by atoms with E-state index in [1.165, 1.54) is 0 Å². The predicted molar refractivity (Wildman–Crippen MR) is 41.9 cm³/mol. The summed E-state index contributed by atoms with van der Waals surface area (Å²) in [5, 5.41) is 8.95. The van der Waals surface area contributed by atoms with Gasteiger partial charge < -0.3 is 9.84 Å². The van der Waals surface area contributed by atoms with Gasteiger partial charge in [0.15, 0.2) is 5.54 Å². The number of carbonyl (C=O) groups excluding carboxylic acids is 1. The van der Waals surface area contributed by atoms with E-state index in [9.17, 15) is 4.79 Å². The smallest absolute Gasteiger partial charge is 0.390 e. The fraction of sp³-hybridized carbons (Fsp3) is 0.750. The van der Waals surface area contributed by atoms with Crippen LogP contribution >= 0.6 is 0 Å². The van der Waals surface area contributed by atoms with Crippen molar-refractivity contribution in [3.05, 3.63) is 0 Å². The second-order valence-corrected chi connectivity index (χ2v) is 3.50. The summed E-state index contributed by atoms with van der Waals surface area (Å²) in [4.78, 5) is 15.2. The Balaban J connectivity index is 0.000000845. The van der Waals surface area contributed by atoms with E-state index in [0.29, 0.717) is 6.42 Å². The van der Waals surface area contributed by atoms with Crippen molar-refractivity contribution in [3.8, 4) is 0 Å². The molecule has 13 heavy (non-hydrogen) atoms. The molecule has 0 saturated heterocycles. The van der Waals surface area contributed by atoms with E-state index in [1.54, 1.807) is 0 Å². The standard InChI is InChI=1S/C8H11NO3.Fm/c1-5-3-2-4-8(5)6(10)12-7(11)9-8;/h5H,2-4H2,1H3,(H,9,11);. The zero-order chi connectivity index (χ0) is 8.77. The number of aliphatic imine (C=N–C) groups is 1. The van der Waals surface area contributed by atoms with Crippen LogP contribution < -0.4 is 0 Å². The van der Waals surface area contributed by atoms with E-state index in [-0.39, 0.29) is 11.9 Å². The maximum atomic E-state index is 11.3. The van der Waals surface area contributed by atoms with Crippen molar-refractivity contribution in [2.45, 2.75) is 31.7 Å². The molecular formula is C8H11FmNO3. The molecule has 1 saturated carbocycles. The van der Waals surface area contributed by atoms with Crippen LogP contribution in [0.5, 0.6) is 0 Å². The summed E-state index contributed by atoms with van der Waals surface area (Å²) in [5.41, 5.74) is -0.746. The SMILES string of the molecule is CC1CCCC12N=C(O)OC2=O.[Fm]. The van der Waals surface area contributed by atoms with Crippen LogP contribution in [0, 0.1) is 5.92 Å². The summed E-state index contributed by atoms with van der Waals surface area (Å²) in [6.07, 6.45) is 2.20. The number of aliphatic hydroxyl groups is 1.